The van der Waals surface area contributed by atoms with Gasteiger partial charge in [-0.25, -0.2) is 13.4 Å². The Morgan fingerprint density at radius 2 is 2.00 bits per heavy atom. The van der Waals surface area contributed by atoms with E-state index in [0.29, 0.717) is 16.4 Å². The van der Waals surface area contributed by atoms with Crippen LogP contribution < -0.4 is 0 Å². The number of aromatic nitrogens is 2. The lowest BCUT2D eigenvalue weighted by atomic mass is 10.1. The second-order valence-electron chi connectivity index (χ2n) is 4.70. The van der Waals surface area contributed by atoms with Gasteiger partial charge in [-0.2, -0.15) is 0 Å². The molecule has 1 atom stereocenters. The predicted octanol–water partition coefficient (Wildman–Crippen LogP) is 2.44. The summed E-state index contributed by atoms with van der Waals surface area (Å²) in [4.78, 5) is 7.15. The molecule has 0 amide bonds. The van der Waals surface area contributed by atoms with E-state index in [2.05, 4.69) is 23.8 Å². The average molecular weight is 274 g/mol. The van der Waals surface area contributed by atoms with Crippen molar-refractivity contribution in [3.63, 3.8) is 0 Å². The van der Waals surface area contributed by atoms with Gasteiger partial charge < -0.3 is 4.98 Å². The molecule has 1 heterocycles. The summed E-state index contributed by atoms with van der Waals surface area (Å²) in [6, 6.07) is 1.79. The molecule has 0 saturated carbocycles. The third kappa shape index (κ3) is 4.20. The van der Waals surface area contributed by atoms with Crippen LogP contribution in [0.2, 0.25) is 0 Å². The molecule has 1 unspecified atom stereocenters. The first-order valence-corrected chi connectivity index (χ1v) is 7.85. The van der Waals surface area contributed by atoms with E-state index < -0.39 is 15.1 Å². The lowest BCUT2D eigenvalue weighted by molar-refractivity contribution is 0.587. The van der Waals surface area contributed by atoms with Crippen LogP contribution in [0.1, 0.15) is 37.5 Å². The van der Waals surface area contributed by atoms with Gasteiger partial charge in [0, 0.05) is 11.9 Å². The first-order valence-electron chi connectivity index (χ1n) is 5.49. The molecule has 1 N–H and O–H groups in total. The van der Waals surface area contributed by atoms with Crippen LogP contribution in [-0.2, 0) is 16.3 Å². The second kappa shape index (κ2) is 5.27. The van der Waals surface area contributed by atoms with Crippen molar-refractivity contribution in [2.75, 3.05) is 6.26 Å². The van der Waals surface area contributed by atoms with Crippen LogP contribution in [0.3, 0.4) is 0 Å². The molecule has 17 heavy (non-hydrogen) atoms. The number of hydrogen-bond acceptors (Lipinski definition) is 4. The maximum Gasteiger partial charge on any atom is 0.157 e. The van der Waals surface area contributed by atoms with Gasteiger partial charge in [0.25, 0.3) is 0 Å². The monoisotopic (exact) mass is 274 g/mol. The number of aromatic amines is 1. The van der Waals surface area contributed by atoms with Gasteiger partial charge in [-0.3, -0.25) is 0 Å². The quantitative estimate of drug-likeness (QED) is 0.857. The highest BCUT2D eigenvalue weighted by molar-refractivity contribution is 7.90. The highest BCUT2D eigenvalue weighted by Crippen LogP contribution is 2.18. The smallest absolute Gasteiger partial charge is 0.157 e. The van der Waals surface area contributed by atoms with Crippen LogP contribution in [0, 0.1) is 10.6 Å². The molecule has 0 fully saturated rings. The fourth-order valence-corrected chi connectivity index (χ4v) is 2.23. The summed E-state index contributed by atoms with van der Waals surface area (Å²) in [7, 11) is -3.16. The SMILES string of the molecule is CC(C)Cc1cc(=S)nc(C(C)S(C)(=O)=O)[nH]1. The Morgan fingerprint density at radius 3 is 2.47 bits per heavy atom. The third-order valence-corrected chi connectivity index (χ3v) is 4.19. The van der Waals surface area contributed by atoms with Crippen LogP contribution in [-0.4, -0.2) is 24.6 Å². The van der Waals surface area contributed by atoms with Crippen LogP contribution in [0.5, 0.6) is 0 Å². The highest BCUT2D eigenvalue weighted by Gasteiger charge is 2.19. The summed E-state index contributed by atoms with van der Waals surface area (Å²) in [5.74, 6) is 0.903. The molecular formula is C11H18N2O2S2. The standard InChI is InChI=1S/C11H18N2O2S2/c1-7(2)5-9-6-10(16)13-11(12-9)8(3)17(4,14)15/h6-8H,5H2,1-4H3,(H,12,13,16). The Balaban J connectivity index is 3.18. The topological polar surface area (TPSA) is 62.8 Å². The van der Waals surface area contributed by atoms with Crippen molar-refractivity contribution in [1.82, 2.24) is 9.97 Å². The normalized spacial score (nSPS) is 13.9. The Hall–Kier alpha value is -0.750. The van der Waals surface area contributed by atoms with E-state index in [-0.39, 0.29) is 0 Å². The maximum atomic E-state index is 11.5. The summed E-state index contributed by atoms with van der Waals surface area (Å²) in [6.45, 7) is 5.80. The number of H-pyrrole nitrogens is 1. The fourth-order valence-electron chi connectivity index (χ4n) is 1.47. The van der Waals surface area contributed by atoms with E-state index >= 15 is 0 Å². The minimum atomic E-state index is -3.16. The summed E-state index contributed by atoms with van der Waals surface area (Å²) in [5, 5.41) is -0.656. The Bertz CT molecular complexity index is 547. The molecule has 1 aromatic heterocycles. The van der Waals surface area contributed by atoms with Crippen LogP contribution in [0.25, 0.3) is 0 Å². The molecule has 0 radical (unpaired) electrons. The van der Waals surface area contributed by atoms with Crippen molar-refractivity contribution in [3.05, 3.63) is 22.2 Å². The third-order valence-electron chi connectivity index (χ3n) is 2.47. The molecule has 1 aromatic rings. The van der Waals surface area contributed by atoms with E-state index in [4.69, 9.17) is 12.2 Å². The van der Waals surface area contributed by atoms with Crippen molar-refractivity contribution >= 4 is 22.1 Å². The van der Waals surface area contributed by atoms with Crippen molar-refractivity contribution in [2.24, 2.45) is 5.92 Å². The largest absolute Gasteiger partial charge is 0.346 e. The fraction of sp³-hybridized carbons (Fsp3) is 0.636. The zero-order valence-corrected chi connectivity index (χ0v) is 12.2. The zero-order chi connectivity index (χ0) is 13.2. The molecule has 0 aliphatic rings. The van der Waals surface area contributed by atoms with Gasteiger partial charge >= 0.3 is 0 Å². The number of rotatable bonds is 4. The molecule has 1 rings (SSSR count). The van der Waals surface area contributed by atoms with E-state index in [1.807, 2.05) is 0 Å². The molecule has 4 nitrogen and oxygen atoms in total. The molecule has 96 valence electrons. The molecule has 6 heteroatoms. The van der Waals surface area contributed by atoms with Crippen molar-refractivity contribution < 1.29 is 8.42 Å². The van der Waals surface area contributed by atoms with Crippen molar-refractivity contribution in [2.45, 2.75) is 32.4 Å². The van der Waals surface area contributed by atoms with E-state index in [9.17, 15) is 8.42 Å². The average Bonchev–Trinajstić information content (AvgIpc) is 2.12. The van der Waals surface area contributed by atoms with Crippen LogP contribution >= 0.6 is 12.2 Å². The lowest BCUT2D eigenvalue weighted by Crippen LogP contribution is -2.13. The number of nitrogens with zero attached hydrogens (tertiary/aromatic N) is 1. The van der Waals surface area contributed by atoms with Gasteiger partial charge in [0.05, 0.1) is 0 Å². The Kier molecular flexibility index (Phi) is 4.43. The molecule has 0 aliphatic carbocycles. The molecule has 0 aliphatic heterocycles. The zero-order valence-electron chi connectivity index (χ0n) is 10.5. The lowest BCUT2D eigenvalue weighted by Gasteiger charge is -2.12. The highest BCUT2D eigenvalue weighted by atomic mass is 32.2. The maximum absolute atomic E-state index is 11.5. The minimum absolute atomic E-state index is 0.427. The van der Waals surface area contributed by atoms with Gasteiger partial charge in [0.2, 0.25) is 0 Å². The summed E-state index contributed by atoms with van der Waals surface area (Å²) < 4.78 is 23.4. The number of hydrogen-bond donors (Lipinski definition) is 1. The Morgan fingerprint density at radius 1 is 1.41 bits per heavy atom. The van der Waals surface area contributed by atoms with E-state index in [1.54, 1.807) is 13.0 Å². The van der Waals surface area contributed by atoms with E-state index in [0.717, 1.165) is 12.1 Å². The van der Waals surface area contributed by atoms with Gasteiger partial charge in [-0.1, -0.05) is 26.1 Å². The first-order chi connectivity index (χ1) is 7.70. The van der Waals surface area contributed by atoms with Crippen LogP contribution in [0.15, 0.2) is 6.07 Å². The molecular weight excluding hydrogens is 256 g/mol. The summed E-state index contributed by atoms with van der Waals surface area (Å²) in [5.41, 5.74) is 0.936. The van der Waals surface area contributed by atoms with Crippen LogP contribution in [0.4, 0.5) is 0 Å². The summed E-state index contributed by atoms with van der Waals surface area (Å²) in [6.07, 6.45) is 2.03. The van der Waals surface area contributed by atoms with Gasteiger partial charge in [0.15, 0.2) is 9.84 Å². The molecule has 0 bridgehead atoms. The Labute approximate surface area is 107 Å². The van der Waals surface area contributed by atoms with Crippen molar-refractivity contribution in [3.8, 4) is 0 Å². The van der Waals surface area contributed by atoms with E-state index in [1.165, 1.54) is 6.26 Å². The van der Waals surface area contributed by atoms with Gasteiger partial charge in [-0.05, 0) is 25.3 Å². The minimum Gasteiger partial charge on any atom is -0.346 e. The van der Waals surface area contributed by atoms with Crippen molar-refractivity contribution in [1.29, 1.82) is 0 Å². The predicted molar refractivity (Wildman–Crippen MR) is 71.2 cm³/mol. The number of sulfone groups is 1. The molecule has 0 aromatic carbocycles. The molecule has 0 saturated heterocycles. The summed E-state index contributed by atoms with van der Waals surface area (Å²) >= 11 is 5.06. The van der Waals surface area contributed by atoms with Gasteiger partial charge in [-0.15, -0.1) is 0 Å². The second-order valence-corrected chi connectivity index (χ2v) is 7.48. The number of nitrogens with one attached hydrogen (secondary N) is 1. The first kappa shape index (κ1) is 14.3. The van der Waals surface area contributed by atoms with Gasteiger partial charge in [0.1, 0.15) is 15.7 Å². The molecule has 0 spiro atoms.